The number of carbonyl (C=O) groups excluding carboxylic acids is 1. The molecule has 0 bridgehead atoms. The second kappa shape index (κ2) is 8.65. The number of hydrogen-bond acceptors (Lipinski definition) is 5. The van der Waals surface area contributed by atoms with Crippen LogP contribution in [0, 0.1) is 0 Å². The first-order valence-corrected chi connectivity index (χ1v) is 10.4. The van der Waals surface area contributed by atoms with Crippen LogP contribution >= 0.6 is 11.3 Å². The number of allylic oxidation sites excluding steroid dienone is 1. The highest BCUT2D eigenvalue weighted by molar-refractivity contribution is 7.16. The van der Waals surface area contributed by atoms with E-state index in [0.717, 1.165) is 21.0 Å². The van der Waals surface area contributed by atoms with Gasteiger partial charge in [0.05, 0.1) is 37.1 Å². The molecule has 1 heterocycles. The zero-order valence-corrected chi connectivity index (χ0v) is 18.4. The van der Waals surface area contributed by atoms with Gasteiger partial charge in [0, 0.05) is 18.7 Å². The topological polar surface area (TPSA) is 62.1 Å². The van der Waals surface area contributed by atoms with Crippen LogP contribution in [0.5, 0.6) is 17.2 Å². The van der Waals surface area contributed by atoms with E-state index in [2.05, 4.69) is 11.6 Å². The molecule has 0 saturated heterocycles. The van der Waals surface area contributed by atoms with E-state index in [-0.39, 0.29) is 5.91 Å². The maximum absolute atomic E-state index is 13.2. The lowest BCUT2D eigenvalue weighted by Gasteiger charge is -2.09. The fraction of sp³-hybridized carbons (Fsp3) is 0.167. The Balaban J connectivity index is 1.90. The predicted octanol–water partition coefficient (Wildman–Crippen LogP) is 4.81. The first-order valence-electron chi connectivity index (χ1n) is 9.61. The highest BCUT2D eigenvalue weighted by Crippen LogP contribution is 2.33. The molecule has 0 fully saturated rings. The van der Waals surface area contributed by atoms with Gasteiger partial charge < -0.3 is 18.8 Å². The highest BCUT2D eigenvalue weighted by Gasteiger charge is 2.16. The van der Waals surface area contributed by atoms with Gasteiger partial charge in [0.2, 0.25) is 0 Å². The van der Waals surface area contributed by atoms with Crippen LogP contribution in [0.1, 0.15) is 10.4 Å². The summed E-state index contributed by atoms with van der Waals surface area (Å²) < 4.78 is 19.2. The van der Waals surface area contributed by atoms with Crippen LogP contribution in [0.3, 0.4) is 0 Å². The van der Waals surface area contributed by atoms with Gasteiger partial charge in [-0.15, -0.1) is 6.58 Å². The van der Waals surface area contributed by atoms with Gasteiger partial charge in [0.1, 0.15) is 5.75 Å². The monoisotopic (exact) mass is 434 g/mol. The van der Waals surface area contributed by atoms with Crippen LogP contribution in [-0.4, -0.2) is 31.8 Å². The zero-order chi connectivity index (χ0) is 22.0. The van der Waals surface area contributed by atoms with Gasteiger partial charge in [-0.2, -0.15) is 4.99 Å². The summed E-state index contributed by atoms with van der Waals surface area (Å²) in [6.45, 7) is 4.34. The molecule has 0 aliphatic rings. The van der Waals surface area contributed by atoms with Crippen molar-refractivity contribution in [3.05, 3.63) is 71.6 Å². The average Bonchev–Trinajstić information content (AvgIpc) is 3.12. The molecular weight excluding hydrogens is 412 g/mol. The Labute approximate surface area is 183 Å². The molecule has 0 aliphatic heterocycles. The first kappa shape index (κ1) is 20.7. The molecule has 1 aromatic heterocycles. The maximum Gasteiger partial charge on any atom is 0.283 e. The SMILES string of the molecule is C=CCn1c(=NC(=O)c2cc3ccccc3cc2OC)sc2cc(OC)c(OC)cc21. The number of rotatable bonds is 6. The standard InChI is InChI=1S/C24H22N2O4S/c1-5-10-26-18-13-20(29-3)21(30-4)14-22(18)31-24(26)25-23(27)17-11-15-8-6-7-9-16(15)12-19(17)28-2/h5-9,11-14H,1,10H2,2-4H3. The number of aromatic nitrogens is 1. The van der Waals surface area contributed by atoms with Gasteiger partial charge in [0.25, 0.3) is 5.91 Å². The summed E-state index contributed by atoms with van der Waals surface area (Å²) in [4.78, 5) is 18.2. The third kappa shape index (κ3) is 3.80. The van der Waals surface area contributed by atoms with Crippen molar-refractivity contribution in [2.24, 2.45) is 4.99 Å². The molecule has 4 rings (SSSR count). The molecule has 0 saturated carbocycles. The number of amides is 1. The Morgan fingerprint density at radius 2 is 1.65 bits per heavy atom. The van der Waals surface area contributed by atoms with Crippen LogP contribution < -0.4 is 19.0 Å². The molecule has 0 radical (unpaired) electrons. The van der Waals surface area contributed by atoms with E-state index in [4.69, 9.17) is 14.2 Å². The van der Waals surface area contributed by atoms with Crippen molar-refractivity contribution in [1.29, 1.82) is 0 Å². The minimum atomic E-state index is -0.370. The molecule has 31 heavy (non-hydrogen) atoms. The van der Waals surface area contributed by atoms with E-state index in [0.29, 0.717) is 34.2 Å². The van der Waals surface area contributed by atoms with E-state index >= 15 is 0 Å². The molecule has 0 unspecified atom stereocenters. The fourth-order valence-electron chi connectivity index (χ4n) is 3.49. The summed E-state index contributed by atoms with van der Waals surface area (Å²) in [5, 5.41) is 1.95. The molecular formula is C24H22N2O4S. The van der Waals surface area contributed by atoms with E-state index in [1.807, 2.05) is 53.1 Å². The lowest BCUT2D eigenvalue weighted by atomic mass is 10.1. The molecule has 0 N–H and O–H groups in total. The summed E-state index contributed by atoms with van der Waals surface area (Å²) in [5.74, 6) is 1.36. The molecule has 1 amide bonds. The predicted molar refractivity (Wildman–Crippen MR) is 124 cm³/mol. The highest BCUT2D eigenvalue weighted by atomic mass is 32.1. The summed E-state index contributed by atoms with van der Waals surface area (Å²) in [5.41, 5.74) is 1.30. The summed E-state index contributed by atoms with van der Waals surface area (Å²) in [6, 6.07) is 15.3. The Kier molecular flexibility index (Phi) is 5.77. The van der Waals surface area contributed by atoms with Crippen LogP contribution in [0.15, 0.2) is 66.2 Å². The van der Waals surface area contributed by atoms with Crippen molar-refractivity contribution in [3.8, 4) is 17.2 Å². The lowest BCUT2D eigenvalue weighted by Crippen LogP contribution is -2.16. The number of hydrogen-bond donors (Lipinski definition) is 0. The van der Waals surface area contributed by atoms with Crippen molar-refractivity contribution < 1.29 is 19.0 Å². The second-order valence-corrected chi connectivity index (χ2v) is 7.78. The van der Waals surface area contributed by atoms with Crippen molar-refractivity contribution >= 4 is 38.2 Å². The van der Waals surface area contributed by atoms with Gasteiger partial charge in [-0.1, -0.05) is 41.7 Å². The van der Waals surface area contributed by atoms with E-state index in [1.165, 1.54) is 11.3 Å². The number of benzene rings is 3. The van der Waals surface area contributed by atoms with Crippen molar-refractivity contribution in [1.82, 2.24) is 4.57 Å². The lowest BCUT2D eigenvalue weighted by molar-refractivity contribution is 0.0995. The molecule has 158 valence electrons. The molecule has 3 aromatic carbocycles. The van der Waals surface area contributed by atoms with Crippen LogP contribution in [0.25, 0.3) is 21.0 Å². The number of nitrogens with zero attached hydrogens (tertiary/aromatic N) is 2. The Morgan fingerprint density at radius 3 is 2.29 bits per heavy atom. The summed E-state index contributed by atoms with van der Waals surface area (Å²) in [6.07, 6.45) is 1.77. The van der Waals surface area contributed by atoms with Gasteiger partial charge in [0.15, 0.2) is 16.3 Å². The molecule has 0 atom stereocenters. The second-order valence-electron chi connectivity index (χ2n) is 6.78. The number of fused-ring (bicyclic) bond motifs is 2. The third-order valence-electron chi connectivity index (χ3n) is 5.00. The number of carbonyl (C=O) groups is 1. The Hall–Kier alpha value is -3.58. The molecule has 0 spiro atoms. The van der Waals surface area contributed by atoms with Gasteiger partial charge in [-0.25, -0.2) is 0 Å². The normalized spacial score (nSPS) is 11.6. The molecule has 0 aliphatic carbocycles. The Morgan fingerprint density at radius 1 is 1.00 bits per heavy atom. The van der Waals surface area contributed by atoms with E-state index < -0.39 is 0 Å². The first-order chi connectivity index (χ1) is 15.1. The van der Waals surface area contributed by atoms with Crippen LogP contribution in [-0.2, 0) is 6.54 Å². The largest absolute Gasteiger partial charge is 0.496 e. The fourth-order valence-corrected chi connectivity index (χ4v) is 4.54. The van der Waals surface area contributed by atoms with Crippen LogP contribution in [0.4, 0.5) is 0 Å². The number of methoxy groups -OCH3 is 3. The van der Waals surface area contributed by atoms with E-state index in [1.54, 1.807) is 27.4 Å². The van der Waals surface area contributed by atoms with Crippen LogP contribution in [0.2, 0.25) is 0 Å². The van der Waals surface area contributed by atoms with Crippen molar-refractivity contribution in [3.63, 3.8) is 0 Å². The summed E-state index contributed by atoms with van der Waals surface area (Å²) in [7, 11) is 4.74. The zero-order valence-electron chi connectivity index (χ0n) is 17.5. The van der Waals surface area contributed by atoms with Gasteiger partial charge in [-0.05, 0) is 22.9 Å². The maximum atomic E-state index is 13.2. The van der Waals surface area contributed by atoms with Crippen molar-refractivity contribution in [2.75, 3.05) is 21.3 Å². The quantitative estimate of drug-likeness (QED) is 0.409. The summed E-state index contributed by atoms with van der Waals surface area (Å²) >= 11 is 1.40. The average molecular weight is 435 g/mol. The number of thiazole rings is 1. The minimum absolute atomic E-state index is 0.370. The molecule has 7 heteroatoms. The smallest absolute Gasteiger partial charge is 0.283 e. The van der Waals surface area contributed by atoms with Gasteiger partial charge in [-0.3, -0.25) is 4.79 Å². The molecule has 6 nitrogen and oxygen atoms in total. The van der Waals surface area contributed by atoms with Gasteiger partial charge >= 0.3 is 0 Å². The van der Waals surface area contributed by atoms with Crippen molar-refractivity contribution in [2.45, 2.75) is 6.54 Å². The third-order valence-corrected chi connectivity index (χ3v) is 6.04. The molecule has 4 aromatic rings. The number of ether oxygens (including phenoxy) is 3. The van der Waals surface area contributed by atoms with E-state index in [9.17, 15) is 4.79 Å². The Bertz CT molecular complexity index is 1370. The minimum Gasteiger partial charge on any atom is -0.496 e.